The van der Waals surface area contributed by atoms with E-state index in [-0.39, 0.29) is 18.2 Å². The fourth-order valence-electron chi connectivity index (χ4n) is 3.42. The molecule has 3 aromatic rings. The molecule has 0 bridgehead atoms. The summed E-state index contributed by atoms with van der Waals surface area (Å²) in [6.45, 7) is 1.98. The number of anilines is 3. The molecule has 30 heavy (non-hydrogen) atoms. The predicted octanol–water partition coefficient (Wildman–Crippen LogP) is 3.44. The van der Waals surface area contributed by atoms with Gasteiger partial charge >= 0.3 is 0 Å². The second kappa shape index (κ2) is 7.14. The molecule has 0 spiro atoms. The van der Waals surface area contributed by atoms with Gasteiger partial charge in [0.15, 0.2) is 5.65 Å². The maximum absolute atomic E-state index is 12.0. The number of halogens is 1. The lowest BCUT2D eigenvalue weighted by Crippen LogP contribution is -2.19. The molecule has 8 nitrogen and oxygen atoms in total. The number of carbonyl (C=O) groups is 2. The summed E-state index contributed by atoms with van der Waals surface area (Å²) in [5.74, 6) is 0.842. The molecule has 152 valence electrons. The molecule has 1 aliphatic heterocycles. The van der Waals surface area contributed by atoms with Crippen molar-refractivity contribution >= 4 is 52.5 Å². The second-order valence-corrected chi connectivity index (χ2v) is 7.98. The van der Waals surface area contributed by atoms with Crippen molar-refractivity contribution in [3.05, 3.63) is 52.2 Å². The van der Waals surface area contributed by atoms with Crippen LogP contribution in [0.25, 0.3) is 11.7 Å². The number of rotatable bonds is 5. The fourth-order valence-corrected chi connectivity index (χ4v) is 3.61. The van der Waals surface area contributed by atoms with Crippen LogP contribution in [0.4, 0.5) is 17.3 Å². The van der Waals surface area contributed by atoms with Crippen LogP contribution in [-0.4, -0.2) is 32.5 Å². The molecule has 3 N–H and O–H groups in total. The Bertz CT molecular complexity index is 1230. The number of carbonyl (C=O) groups excluding carboxylic acids is 2. The van der Waals surface area contributed by atoms with Crippen LogP contribution >= 0.6 is 11.6 Å². The smallest absolute Gasteiger partial charge is 0.254 e. The number of nitrogens with one attached hydrogen (secondary N) is 3. The normalized spacial score (nSPS) is 17.6. The lowest BCUT2D eigenvalue weighted by molar-refractivity contribution is -0.124. The summed E-state index contributed by atoms with van der Waals surface area (Å²) in [7, 11) is 0. The third-order valence-corrected chi connectivity index (χ3v) is 5.38. The van der Waals surface area contributed by atoms with Crippen LogP contribution in [0.2, 0.25) is 5.02 Å². The summed E-state index contributed by atoms with van der Waals surface area (Å²) in [5.41, 5.74) is 3.40. The van der Waals surface area contributed by atoms with Crippen LogP contribution in [-0.2, 0) is 9.59 Å². The first-order chi connectivity index (χ1) is 14.5. The van der Waals surface area contributed by atoms with Gasteiger partial charge in [-0.1, -0.05) is 17.7 Å². The first kappa shape index (κ1) is 18.6. The highest BCUT2D eigenvalue weighted by Gasteiger charge is 2.27. The highest BCUT2D eigenvalue weighted by molar-refractivity contribution is 6.30. The molecule has 1 aromatic carbocycles. The lowest BCUT2D eigenvalue weighted by atomic mass is 10.1. The molecule has 1 saturated carbocycles. The maximum atomic E-state index is 12.0. The van der Waals surface area contributed by atoms with Crippen LogP contribution in [0.15, 0.2) is 36.0 Å². The standard InChI is InChI=1S/C21H19ClN6O2/c1-11-18(24-16-4-2-3-14(22)9-16)27-20-13(7-12-8-17(29)26-21(12)30)10-23-28(20)19(11)25-15-5-6-15/h2-4,7,9-10,15,25H,5-6,8H2,1H3,(H,24,27)(H,26,29,30)/b12-7+. The molecule has 1 saturated heterocycles. The van der Waals surface area contributed by atoms with Crippen LogP contribution in [0.3, 0.4) is 0 Å². The van der Waals surface area contributed by atoms with Crippen LogP contribution in [0.5, 0.6) is 0 Å². The Kier molecular flexibility index (Phi) is 4.43. The lowest BCUT2D eigenvalue weighted by Gasteiger charge is -2.16. The zero-order chi connectivity index (χ0) is 20.8. The highest BCUT2D eigenvalue weighted by Crippen LogP contribution is 2.32. The van der Waals surface area contributed by atoms with E-state index >= 15 is 0 Å². The van der Waals surface area contributed by atoms with Crippen molar-refractivity contribution in [3.63, 3.8) is 0 Å². The monoisotopic (exact) mass is 422 g/mol. The average molecular weight is 423 g/mol. The van der Waals surface area contributed by atoms with Gasteiger partial charge in [0.2, 0.25) is 5.91 Å². The molecular weight excluding hydrogens is 404 g/mol. The van der Waals surface area contributed by atoms with Gasteiger partial charge in [0.05, 0.1) is 12.6 Å². The Hall–Kier alpha value is -3.39. The van der Waals surface area contributed by atoms with Gasteiger partial charge in [-0.15, -0.1) is 0 Å². The van der Waals surface area contributed by atoms with Crippen molar-refractivity contribution in [3.8, 4) is 0 Å². The molecule has 3 heterocycles. The van der Waals surface area contributed by atoms with E-state index in [2.05, 4.69) is 21.0 Å². The third-order valence-electron chi connectivity index (χ3n) is 5.14. The Balaban J connectivity index is 1.62. The Labute approximate surface area is 177 Å². The number of hydrogen-bond donors (Lipinski definition) is 3. The Morgan fingerprint density at radius 1 is 1.30 bits per heavy atom. The quantitative estimate of drug-likeness (QED) is 0.430. The van der Waals surface area contributed by atoms with Crippen molar-refractivity contribution in [1.82, 2.24) is 19.9 Å². The number of nitrogens with zero attached hydrogens (tertiary/aromatic N) is 3. The number of hydrogen-bond acceptors (Lipinski definition) is 6. The minimum absolute atomic E-state index is 0.0584. The second-order valence-electron chi connectivity index (χ2n) is 7.55. The van der Waals surface area contributed by atoms with E-state index in [1.165, 1.54) is 0 Å². The number of amides is 2. The summed E-state index contributed by atoms with van der Waals surface area (Å²) < 4.78 is 1.75. The summed E-state index contributed by atoms with van der Waals surface area (Å²) in [4.78, 5) is 28.3. The number of aromatic nitrogens is 3. The number of imide groups is 1. The van der Waals surface area contributed by atoms with Crippen LogP contribution < -0.4 is 16.0 Å². The highest BCUT2D eigenvalue weighted by atomic mass is 35.5. The van der Waals surface area contributed by atoms with E-state index in [0.717, 1.165) is 29.9 Å². The number of benzene rings is 1. The average Bonchev–Trinajstić information content (AvgIpc) is 3.35. The van der Waals surface area contributed by atoms with Gasteiger partial charge in [0.1, 0.15) is 11.6 Å². The van der Waals surface area contributed by atoms with Gasteiger partial charge in [-0.05, 0) is 44.0 Å². The van der Waals surface area contributed by atoms with Gasteiger partial charge in [0, 0.05) is 33.5 Å². The van der Waals surface area contributed by atoms with E-state index in [0.29, 0.717) is 33.7 Å². The minimum Gasteiger partial charge on any atom is -0.367 e. The molecule has 5 rings (SSSR count). The molecule has 9 heteroatoms. The Morgan fingerprint density at radius 2 is 2.13 bits per heavy atom. The van der Waals surface area contributed by atoms with Crippen LogP contribution in [0.1, 0.15) is 30.4 Å². The largest absolute Gasteiger partial charge is 0.367 e. The van der Waals surface area contributed by atoms with E-state index in [4.69, 9.17) is 16.6 Å². The van der Waals surface area contributed by atoms with E-state index in [9.17, 15) is 9.59 Å². The van der Waals surface area contributed by atoms with E-state index in [1.807, 2.05) is 31.2 Å². The van der Waals surface area contributed by atoms with E-state index in [1.54, 1.807) is 16.8 Å². The molecule has 2 amide bonds. The zero-order valence-electron chi connectivity index (χ0n) is 16.2. The van der Waals surface area contributed by atoms with Gasteiger partial charge in [-0.3, -0.25) is 14.9 Å². The predicted molar refractivity (Wildman–Crippen MR) is 115 cm³/mol. The van der Waals surface area contributed by atoms with Gasteiger partial charge in [-0.2, -0.15) is 9.61 Å². The third kappa shape index (κ3) is 3.50. The topological polar surface area (TPSA) is 100 Å². The summed E-state index contributed by atoms with van der Waals surface area (Å²) >= 11 is 6.12. The molecule has 2 aliphatic rings. The SMILES string of the molecule is Cc1c(Nc2cccc(Cl)c2)nc2c(/C=C3\CC(=O)NC3=O)cnn2c1NC1CC1. The van der Waals surface area contributed by atoms with Crippen molar-refractivity contribution in [1.29, 1.82) is 0 Å². The molecule has 0 radical (unpaired) electrons. The maximum Gasteiger partial charge on any atom is 0.254 e. The van der Waals surface area contributed by atoms with Gasteiger partial charge < -0.3 is 10.6 Å². The van der Waals surface area contributed by atoms with E-state index < -0.39 is 0 Å². The molecule has 2 fully saturated rings. The summed E-state index contributed by atoms with van der Waals surface area (Å²) in [6, 6.07) is 7.84. The summed E-state index contributed by atoms with van der Waals surface area (Å²) in [6.07, 6.45) is 5.62. The van der Waals surface area contributed by atoms with Crippen molar-refractivity contribution in [2.75, 3.05) is 10.6 Å². The van der Waals surface area contributed by atoms with Crippen molar-refractivity contribution in [2.24, 2.45) is 0 Å². The van der Waals surface area contributed by atoms with Gasteiger partial charge in [-0.25, -0.2) is 4.98 Å². The molecule has 2 aromatic heterocycles. The minimum atomic E-state index is -0.375. The first-order valence-corrected chi connectivity index (χ1v) is 10.1. The van der Waals surface area contributed by atoms with Gasteiger partial charge in [0.25, 0.3) is 5.91 Å². The molecule has 0 atom stereocenters. The molecular formula is C21H19ClN6O2. The Morgan fingerprint density at radius 3 is 2.83 bits per heavy atom. The van der Waals surface area contributed by atoms with Crippen molar-refractivity contribution in [2.45, 2.75) is 32.2 Å². The summed E-state index contributed by atoms with van der Waals surface area (Å²) in [5, 5.41) is 14.3. The fraction of sp³-hybridized carbons (Fsp3) is 0.238. The van der Waals surface area contributed by atoms with Crippen molar-refractivity contribution < 1.29 is 9.59 Å². The van der Waals surface area contributed by atoms with Crippen LogP contribution in [0, 0.1) is 6.92 Å². The zero-order valence-corrected chi connectivity index (χ0v) is 17.0. The molecule has 1 aliphatic carbocycles. The molecule has 0 unspecified atom stereocenters. The number of fused-ring (bicyclic) bond motifs is 1. The first-order valence-electron chi connectivity index (χ1n) is 9.70.